The van der Waals surface area contributed by atoms with E-state index in [0.29, 0.717) is 6.61 Å². The van der Waals surface area contributed by atoms with E-state index in [-0.39, 0.29) is 16.6 Å². The molecule has 1 nitrogen and oxygen atoms in total. The van der Waals surface area contributed by atoms with Gasteiger partial charge in [-0.25, -0.2) is 4.39 Å². The van der Waals surface area contributed by atoms with E-state index in [1.807, 2.05) is 12.1 Å². The predicted molar refractivity (Wildman–Crippen MR) is 51.4 cm³/mol. The topological polar surface area (TPSA) is 20.2 Å². The first-order chi connectivity index (χ1) is 6.68. The smallest absolute Gasteiger partial charge is 0.123 e. The molecular weight excluding hydrogens is 179 g/mol. The maximum absolute atomic E-state index is 12.7. The minimum Gasteiger partial charge on any atom is -0.396 e. The van der Waals surface area contributed by atoms with E-state index < -0.39 is 0 Å². The molecule has 0 spiro atoms. The second-order valence-electron chi connectivity index (χ2n) is 4.98. The number of aliphatic hydroxyl groups is 1. The molecule has 0 saturated heterocycles. The van der Waals surface area contributed by atoms with E-state index in [2.05, 4.69) is 0 Å². The van der Waals surface area contributed by atoms with E-state index in [0.717, 1.165) is 19.3 Å². The third kappa shape index (κ3) is 0.871. The Hall–Kier alpha value is -0.890. The van der Waals surface area contributed by atoms with Crippen LogP contribution in [0.4, 0.5) is 4.39 Å². The first kappa shape index (κ1) is 8.42. The summed E-state index contributed by atoms with van der Waals surface area (Å²) in [6.07, 6.45) is 3.26. The average Bonchev–Trinajstić information content (AvgIpc) is 2.04. The average molecular weight is 192 g/mol. The van der Waals surface area contributed by atoms with Gasteiger partial charge in [0, 0.05) is 6.61 Å². The molecule has 1 aromatic rings. The Morgan fingerprint density at radius 1 is 1.14 bits per heavy atom. The molecule has 74 valence electrons. The van der Waals surface area contributed by atoms with Gasteiger partial charge in [-0.2, -0.15) is 0 Å². The summed E-state index contributed by atoms with van der Waals surface area (Å²) >= 11 is 0. The first-order valence-corrected chi connectivity index (χ1v) is 5.05. The summed E-state index contributed by atoms with van der Waals surface area (Å²) in [5.41, 5.74) is 1.76. The lowest BCUT2D eigenvalue weighted by Crippen LogP contribution is -2.66. The molecule has 3 fully saturated rings. The fraction of sp³-hybridized carbons (Fsp3) is 0.500. The van der Waals surface area contributed by atoms with Crippen molar-refractivity contribution in [3.05, 3.63) is 35.6 Å². The first-order valence-electron chi connectivity index (χ1n) is 5.05. The molecule has 2 bridgehead atoms. The number of halogens is 1. The van der Waals surface area contributed by atoms with E-state index in [1.165, 1.54) is 17.7 Å². The lowest BCUT2D eigenvalue weighted by atomic mass is 9.34. The van der Waals surface area contributed by atoms with E-state index in [4.69, 9.17) is 5.11 Å². The van der Waals surface area contributed by atoms with Crippen molar-refractivity contribution < 1.29 is 9.50 Å². The monoisotopic (exact) mass is 192 g/mol. The molecule has 1 aromatic carbocycles. The van der Waals surface area contributed by atoms with Crippen LogP contribution in [0, 0.1) is 11.2 Å². The van der Waals surface area contributed by atoms with Crippen molar-refractivity contribution in [3.63, 3.8) is 0 Å². The minimum absolute atomic E-state index is 0.169. The van der Waals surface area contributed by atoms with E-state index in [1.54, 1.807) is 0 Å². The molecule has 1 N–H and O–H groups in total. The maximum atomic E-state index is 12.7. The zero-order valence-electron chi connectivity index (χ0n) is 7.96. The molecule has 0 unspecified atom stereocenters. The second kappa shape index (κ2) is 2.37. The van der Waals surface area contributed by atoms with E-state index in [9.17, 15) is 4.39 Å². The number of hydrogen-bond donors (Lipinski definition) is 1. The van der Waals surface area contributed by atoms with Gasteiger partial charge >= 0.3 is 0 Å². The maximum Gasteiger partial charge on any atom is 0.123 e. The van der Waals surface area contributed by atoms with Crippen molar-refractivity contribution in [2.75, 3.05) is 6.61 Å². The lowest BCUT2D eigenvalue weighted by Gasteiger charge is -2.70. The van der Waals surface area contributed by atoms with Gasteiger partial charge in [-0.3, -0.25) is 0 Å². The van der Waals surface area contributed by atoms with Gasteiger partial charge in [-0.15, -0.1) is 0 Å². The van der Waals surface area contributed by atoms with Gasteiger partial charge < -0.3 is 5.11 Å². The summed E-state index contributed by atoms with van der Waals surface area (Å²) in [4.78, 5) is 0. The lowest BCUT2D eigenvalue weighted by molar-refractivity contribution is -0.167. The molecule has 0 radical (unpaired) electrons. The van der Waals surface area contributed by atoms with Crippen molar-refractivity contribution >= 4 is 0 Å². The molecular formula is C12H13FO. The Morgan fingerprint density at radius 3 is 2.21 bits per heavy atom. The van der Waals surface area contributed by atoms with Gasteiger partial charge in [0.15, 0.2) is 0 Å². The van der Waals surface area contributed by atoms with Gasteiger partial charge in [0.2, 0.25) is 0 Å². The van der Waals surface area contributed by atoms with Crippen LogP contribution >= 0.6 is 0 Å². The minimum atomic E-state index is -0.169. The summed E-state index contributed by atoms with van der Waals surface area (Å²) in [5, 5.41) is 9.13. The van der Waals surface area contributed by atoms with Crippen molar-refractivity contribution in [2.45, 2.75) is 24.7 Å². The molecule has 0 atom stereocenters. The van der Waals surface area contributed by atoms with Crippen LogP contribution < -0.4 is 0 Å². The highest BCUT2D eigenvalue weighted by Crippen LogP contribution is 2.73. The van der Waals surface area contributed by atoms with Gasteiger partial charge in [0.05, 0.1) is 0 Å². The summed E-state index contributed by atoms with van der Waals surface area (Å²) in [5.74, 6) is -0.169. The number of rotatable bonds is 2. The van der Waals surface area contributed by atoms with Gasteiger partial charge in [-0.05, 0) is 47.8 Å². The highest BCUT2D eigenvalue weighted by atomic mass is 19.1. The van der Waals surface area contributed by atoms with Crippen LogP contribution in [0.3, 0.4) is 0 Å². The summed E-state index contributed by atoms with van der Waals surface area (Å²) < 4.78 is 12.7. The Morgan fingerprint density at radius 2 is 1.71 bits per heavy atom. The highest BCUT2D eigenvalue weighted by molar-refractivity contribution is 5.38. The quantitative estimate of drug-likeness (QED) is 0.762. The highest BCUT2D eigenvalue weighted by Gasteiger charge is 2.67. The zero-order valence-corrected chi connectivity index (χ0v) is 7.96. The Kier molecular flexibility index (Phi) is 1.43. The van der Waals surface area contributed by atoms with Crippen molar-refractivity contribution in [3.8, 4) is 0 Å². The summed E-state index contributed by atoms with van der Waals surface area (Å²) in [6, 6.07) is 6.83. The van der Waals surface area contributed by atoms with Crippen LogP contribution in [0.5, 0.6) is 0 Å². The third-order valence-electron chi connectivity index (χ3n) is 3.93. The predicted octanol–water partition coefficient (Wildman–Crippen LogP) is 2.24. The number of aliphatic hydroxyl groups excluding tert-OH is 1. The van der Waals surface area contributed by atoms with Crippen molar-refractivity contribution in [1.29, 1.82) is 0 Å². The molecule has 3 aliphatic rings. The summed E-state index contributed by atoms with van der Waals surface area (Å²) in [7, 11) is 0. The molecule has 14 heavy (non-hydrogen) atoms. The molecule has 3 saturated carbocycles. The third-order valence-corrected chi connectivity index (χ3v) is 3.93. The molecule has 0 amide bonds. The van der Waals surface area contributed by atoms with Crippen molar-refractivity contribution in [1.82, 2.24) is 0 Å². The standard InChI is InChI=1S/C12H13FO/c13-10-3-1-9(2-4-10)12-5-11(6-12,7-12)8-14/h1-4,14H,5-8H2. The largest absolute Gasteiger partial charge is 0.396 e. The van der Waals surface area contributed by atoms with Gasteiger partial charge in [-0.1, -0.05) is 12.1 Å². The number of hydrogen-bond acceptors (Lipinski definition) is 1. The fourth-order valence-corrected chi connectivity index (χ4v) is 3.28. The van der Waals surface area contributed by atoms with Crippen LogP contribution in [0.15, 0.2) is 24.3 Å². The Labute approximate surface area is 82.6 Å². The van der Waals surface area contributed by atoms with Crippen LogP contribution in [0.2, 0.25) is 0 Å². The zero-order chi connectivity index (χ0) is 9.81. The Balaban J connectivity index is 1.84. The van der Waals surface area contributed by atoms with E-state index >= 15 is 0 Å². The van der Waals surface area contributed by atoms with Gasteiger partial charge in [0.1, 0.15) is 5.82 Å². The molecule has 4 rings (SSSR count). The van der Waals surface area contributed by atoms with Crippen molar-refractivity contribution in [2.24, 2.45) is 5.41 Å². The molecule has 3 aliphatic carbocycles. The normalized spacial score (nSPS) is 38.7. The van der Waals surface area contributed by atoms with Crippen LogP contribution in [0.25, 0.3) is 0 Å². The molecule has 0 aliphatic heterocycles. The van der Waals surface area contributed by atoms with Crippen LogP contribution in [-0.2, 0) is 5.41 Å². The SMILES string of the molecule is OCC12CC(c3ccc(F)cc3)(C1)C2. The molecule has 2 heteroatoms. The van der Waals surface area contributed by atoms with Gasteiger partial charge in [0.25, 0.3) is 0 Å². The molecule has 0 heterocycles. The number of benzene rings is 1. The summed E-state index contributed by atoms with van der Waals surface area (Å²) in [6.45, 7) is 0.315. The van der Waals surface area contributed by atoms with Crippen LogP contribution in [0.1, 0.15) is 24.8 Å². The Bertz CT molecular complexity index is 349. The van der Waals surface area contributed by atoms with Crippen LogP contribution in [-0.4, -0.2) is 11.7 Å². The molecule has 0 aromatic heterocycles. The second-order valence-corrected chi connectivity index (χ2v) is 4.98. The fourth-order valence-electron chi connectivity index (χ4n) is 3.28.